The van der Waals surface area contributed by atoms with E-state index in [9.17, 15) is 9.59 Å². The predicted octanol–water partition coefficient (Wildman–Crippen LogP) is 5.82. The van der Waals surface area contributed by atoms with E-state index in [1.54, 1.807) is 36.1 Å². The van der Waals surface area contributed by atoms with E-state index >= 15 is 0 Å². The first kappa shape index (κ1) is 23.3. The molecule has 0 radical (unpaired) electrons. The summed E-state index contributed by atoms with van der Waals surface area (Å²) in [5, 5.41) is 2.89. The third-order valence-electron chi connectivity index (χ3n) is 5.93. The lowest BCUT2D eigenvalue weighted by atomic mass is 10.0. The molecular weight excluding hydrogens is 424 g/mol. The number of anilines is 2. The molecule has 0 bridgehead atoms. The summed E-state index contributed by atoms with van der Waals surface area (Å²) in [6.07, 6.45) is 3.49. The van der Waals surface area contributed by atoms with Gasteiger partial charge in [0, 0.05) is 18.3 Å². The molecule has 1 atom stereocenters. The Labute approximate surface area is 201 Å². The molecule has 34 heavy (non-hydrogen) atoms. The zero-order valence-electron chi connectivity index (χ0n) is 19.8. The van der Waals surface area contributed by atoms with Gasteiger partial charge in [0.15, 0.2) is 6.10 Å². The number of rotatable bonds is 7. The molecule has 5 heteroatoms. The highest BCUT2D eigenvalue weighted by Gasteiger charge is 2.31. The highest BCUT2D eigenvalue weighted by Crippen LogP contribution is 2.36. The highest BCUT2D eigenvalue weighted by atomic mass is 16.5. The Morgan fingerprint density at radius 1 is 1.06 bits per heavy atom. The molecule has 0 aliphatic carbocycles. The minimum absolute atomic E-state index is 0.0864. The van der Waals surface area contributed by atoms with E-state index in [1.807, 2.05) is 30.3 Å². The third kappa shape index (κ3) is 5.54. The maximum absolute atomic E-state index is 12.9. The van der Waals surface area contributed by atoms with Gasteiger partial charge in [0.05, 0.1) is 5.69 Å². The topological polar surface area (TPSA) is 58.6 Å². The van der Waals surface area contributed by atoms with Crippen LogP contribution in [0.3, 0.4) is 0 Å². The van der Waals surface area contributed by atoms with E-state index in [-0.39, 0.29) is 11.8 Å². The van der Waals surface area contributed by atoms with Crippen molar-refractivity contribution in [1.29, 1.82) is 0 Å². The zero-order valence-corrected chi connectivity index (χ0v) is 19.8. The van der Waals surface area contributed by atoms with Crippen LogP contribution in [0.2, 0.25) is 0 Å². The summed E-state index contributed by atoms with van der Waals surface area (Å²) in [7, 11) is 0. The van der Waals surface area contributed by atoms with E-state index < -0.39 is 6.10 Å². The second-order valence-corrected chi connectivity index (χ2v) is 8.81. The van der Waals surface area contributed by atoms with E-state index in [2.05, 4.69) is 43.4 Å². The molecule has 1 aliphatic heterocycles. The third-order valence-corrected chi connectivity index (χ3v) is 5.93. The van der Waals surface area contributed by atoms with Crippen molar-refractivity contribution >= 4 is 29.3 Å². The van der Waals surface area contributed by atoms with Crippen molar-refractivity contribution in [3.8, 4) is 5.75 Å². The fraction of sp³-hybridized carbons (Fsp3) is 0.241. The van der Waals surface area contributed by atoms with Crippen molar-refractivity contribution in [2.45, 2.75) is 39.2 Å². The lowest BCUT2D eigenvalue weighted by Gasteiger charge is -2.33. The fourth-order valence-electron chi connectivity index (χ4n) is 3.95. The summed E-state index contributed by atoms with van der Waals surface area (Å²) in [6, 6.07) is 23.6. The van der Waals surface area contributed by atoms with Gasteiger partial charge in [-0.05, 0) is 60.2 Å². The maximum atomic E-state index is 12.9. The molecule has 0 fully saturated rings. The molecule has 0 spiro atoms. The second-order valence-electron chi connectivity index (χ2n) is 8.81. The quantitative estimate of drug-likeness (QED) is 0.458. The van der Waals surface area contributed by atoms with Crippen LogP contribution in [0.1, 0.15) is 43.4 Å². The number of amides is 2. The standard InChI is InChI=1S/C29H30N2O3/c1-20(2)24-12-9-23(10-13-24)11-16-28(32)30-25-14-15-27-26(19-25)31(29(33)21(3)34-27)18-17-22-7-5-4-6-8-22/h4-16,19-21H,17-18H2,1-3H3,(H,30,32)/b16-11+. The molecule has 3 aromatic carbocycles. The number of benzene rings is 3. The summed E-state index contributed by atoms with van der Waals surface area (Å²) >= 11 is 0. The minimum Gasteiger partial charge on any atom is -0.479 e. The summed E-state index contributed by atoms with van der Waals surface area (Å²) in [6.45, 7) is 6.60. The maximum Gasteiger partial charge on any atom is 0.267 e. The Morgan fingerprint density at radius 2 is 1.79 bits per heavy atom. The number of nitrogens with one attached hydrogen (secondary N) is 1. The van der Waals surface area contributed by atoms with Crippen molar-refractivity contribution in [2.24, 2.45) is 0 Å². The molecular formula is C29H30N2O3. The van der Waals surface area contributed by atoms with Gasteiger partial charge in [-0.3, -0.25) is 9.59 Å². The monoisotopic (exact) mass is 454 g/mol. The lowest BCUT2D eigenvalue weighted by Crippen LogP contribution is -2.45. The molecule has 1 aliphatic rings. The summed E-state index contributed by atoms with van der Waals surface area (Å²) < 4.78 is 5.80. The smallest absolute Gasteiger partial charge is 0.267 e. The van der Waals surface area contributed by atoms with Gasteiger partial charge in [-0.2, -0.15) is 0 Å². The molecule has 4 rings (SSSR count). The van der Waals surface area contributed by atoms with Gasteiger partial charge in [-0.25, -0.2) is 0 Å². The average molecular weight is 455 g/mol. The molecule has 1 unspecified atom stereocenters. The molecule has 0 saturated heterocycles. The van der Waals surface area contributed by atoms with Gasteiger partial charge in [0.1, 0.15) is 5.75 Å². The molecule has 2 amide bonds. The first-order valence-electron chi connectivity index (χ1n) is 11.7. The van der Waals surface area contributed by atoms with Crippen molar-refractivity contribution in [2.75, 3.05) is 16.8 Å². The van der Waals surface area contributed by atoms with Crippen LogP contribution in [0.25, 0.3) is 6.08 Å². The van der Waals surface area contributed by atoms with Crippen molar-refractivity contribution in [3.63, 3.8) is 0 Å². The SMILES string of the molecule is CC1Oc2ccc(NC(=O)/C=C/c3ccc(C(C)C)cc3)cc2N(CCc2ccccc2)C1=O. The summed E-state index contributed by atoms with van der Waals surface area (Å²) in [4.78, 5) is 27.1. The number of hydrogen-bond acceptors (Lipinski definition) is 3. The number of carbonyl (C=O) groups is 2. The molecule has 1 heterocycles. The van der Waals surface area contributed by atoms with Gasteiger partial charge in [0.2, 0.25) is 5.91 Å². The minimum atomic E-state index is -0.547. The van der Waals surface area contributed by atoms with Crippen molar-refractivity contribution in [3.05, 3.63) is 95.6 Å². The van der Waals surface area contributed by atoms with Gasteiger partial charge in [-0.15, -0.1) is 0 Å². The number of hydrogen-bond donors (Lipinski definition) is 1. The van der Waals surface area contributed by atoms with E-state index in [0.29, 0.717) is 29.6 Å². The average Bonchev–Trinajstić information content (AvgIpc) is 2.84. The van der Waals surface area contributed by atoms with Crippen molar-refractivity contribution < 1.29 is 14.3 Å². The van der Waals surface area contributed by atoms with E-state index in [1.165, 1.54) is 11.6 Å². The zero-order chi connectivity index (χ0) is 24.1. The number of fused-ring (bicyclic) bond motifs is 1. The lowest BCUT2D eigenvalue weighted by molar-refractivity contribution is -0.125. The van der Waals surface area contributed by atoms with E-state index in [0.717, 1.165) is 17.5 Å². The van der Waals surface area contributed by atoms with Gasteiger partial charge in [-0.1, -0.05) is 68.4 Å². The van der Waals surface area contributed by atoms with Crippen LogP contribution in [-0.2, 0) is 16.0 Å². The van der Waals surface area contributed by atoms with Crippen LogP contribution < -0.4 is 15.0 Å². The van der Waals surface area contributed by atoms with Crippen molar-refractivity contribution in [1.82, 2.24) is 0 Å². The Balaban J connectivity index is 1.47. The Kier molecular flexibility index (Phi) is 7.12. The second kappa shape index (κ2) is 10.4. The van der Waals surface area contributed by atoms with Crippen LogP contribution in [0.15, 0.2) is 78.9 Å². The normalized spacial score (nSPS) is 15.4. The van der Waals surface area contributed by atoms with Crippen LogP contribution in [0, 0.1) is 0 Å². The molecule has 0 aromatic heterocycles. The largest absolute Gasteiger partial charge is 0.479 e. The Morgan fingerprint density at radius 3 is 2.50 bits per heavy atom. The Hall–Kier alpha value is -3.86. The molecule has 0 saturated carbocycles. The first-order valence-corrected chi connectivity index (χ1v) is 11.7. The number of nitrogens with zero attached hydrogens (tertiary/aromatic N) is 1. The summed E-state index contributed by atoms with van der Waals surface area (Å²) in [5.41, 5.74) is 4.67. The molecule has 1 N–H and O–H groups in total. The van der Waals surface area contributed by atoms with Crippen LogP contribution >= 0.6 is 0 Å². The van der Waals surface area contributed by atoms with Crippen LogP contribution in [0.5, 0.6) is 5.75 Å². The number of carbonyl (C=O) groups excluding carboxylic acids is 2. The predicted molar refractivity (Wildman–Crippen MR) is 137 cm³/mol. The first-order chi connectivity index (χ1) is 16.4. The van der Waals surface area contributed by atoms with Gasteiger partial charge < -0.3 is 15.0 Å². The van der Waals surface area contributed by atoms with Gasteiger partial charge in [0.25, 0.3) is 5.91 Å². The Bertz CT molecular complexity index is 1180. The highest BCUT2D eigenvalue weighted by molar-refractivity contribution is 6.04. The van der Waals surface area contributed by atoms with E-state index in [4.69, 9.17) is 4.74 Å². The summed E-state index contributed by atoms with van der Waals surface area (Å²) in [5.74, 6) is 0.784. The molecule has 3 aromatic rings. The van der Waals surface area contributed by atoms with Crippen LogP contribution in [0.4, 0.5) is 11.4 Å². The molecule has 174 valence electrons. The van der Waals surface area contributed by atoms with Gasteiger partial charge >= 0.3 is 0 Å². The van der Waals surface area contributed by atoms with Crippen LogP contribution in [-0.4, -0.2) is 24.5 Å². The molecule has 5 nitrogen and oxygen atoms in total. The fourth-order valence-corrected chi connectivity index (χ4v) is 3.95. The number of ether oxygens (including phenoxy) is 1.